The van der Waals surface area contributed by atoms with E-state index in [-0.39, 0.29) is 27.2 Å². The number of anilines is 1. The predicted octanol–water partition coefficient (Wildman–Crippen LogP) is 3.52. The van der Waals surface area contributed by atoms with Gasteiger partial charge >= 0.3 is 0 Å². The topological polar surface area (TPSA) is 69.7 Å². The van der Waals surface area contributed by atoms with Crippen LogP contribution in [0.3, 0.4) is 0 Å². The van der Waals surface area contributed by atoms with E-state index in [2.05, 4.69) is 4.72 Å². The van der Waals surface area contributed by atoms with Crippen molar-refractivity contribution in [3.63, 3.8) is 0 Å². The summed E-state index contributed by atoms with van der Waals surface area (Å²) in [4.78, 5) is 16.4. The Labute approximate surface area is 181 Å². The molecule has 1 heterocycles. The fraction of sp³-hybridized carbons (Fsp3) is 0.381. The number of hydrogen-bond donors (Lipinski definition) is 1. The van der Waals surface area contributed by atoms with Gasteiger partial charge in [-0.05, 0) is 51.1 Å². The van der Waals surface area contributed by atoms with Gasteiger partial charge in [-0.2, -0.15) is 0 Å². The molecule has 6 nitrogen and oxygen atoms in total. The molecule has 0 atom stereocenters. The molecule has 30 heavy (non-hydrogen) atoms. The molecule has 0 aliphatic carbocycles. The Bertz CT molecular complexity index is 1050. The summed E-state index contributed by atoms with van der Waals surface area (Å²) in [6.07, 6.45) is 0. The maximum absolute atomic E-state index is 14.0. The number of carbonyl (C=O) groups is 1. The van der Waals surface area contributed by atoms with Crippen LogP contribution in [0.15, 0.2) is 47.4 Å². The number of amides is 1. The van der Waals surface area contributed by atoms with E-state index in [0.29, 0.717) is 31.9 Å². The third-order valence-corrected chi connectivity index (χ3v) is 6.91. The third-order valence-electron chi connectivity index (χ3n) is 4.67. The summed E-state index contributed by atoms with van der Waals surface area (Å²) < 4.78 is 41.9. The van der Waals surface area contributed by atoms with Crippen LogP contribution in [-0.4, -0.2) is 50.9 Å². The highest BCUT2D eigenvalue weighted by Crippen LogP contribution is 2.25. The number of piperazine rings is 1. The lowest BCUT2D eigenvalue weighted by Gasteiger charge is -2.36. The minimum absolute atomic E-state index is 0.0488. The smallest absolute Gasteiger partial charge is 0.254 e. The van der Waals surface area contributed by atoms with E-state index in [9.17, 15) is 17.6 Å². The van der Waals surface area contributed by atoms with Crippen LogP contribution < -0.4 is 9.62 Å². The summed E-state index contributed by atoms with van der Waals surface area (Å²) in [5, 5.41) is 0.0488. The summed E-state index contributed by atoms with van der Waals surface area (Å²) >= 11 is 6.12. The van der Waals surface area contributed by atoms with Gasteiger partial charge in [0.25, 0.3) is 5.91 Å². The number of nitrogens with one attached hydrogen (secondary N) is 1. The van der Waals surface area contributed by atoms with Gasteiger partial charge in [0, 0.05) is 37.3 Å². The summed E-state index contributed by atoms with van der Waals surface area (Å²) in [7, 11) is -3.89. The molecule has 2 aromatic carbocycles. The molecule has 9 heteroatoms. The van der Waals surface area contributed by atoms with Crippen LogP contribution in [0.2, 0.25) is 5.02 Å². The second-order valence-corrected chi connectivity index (χ2v) is 10.3. The monoisotopic (exact) mass is 453 g/mol. The van der Waals surface area contributed by atoms with Crippen molar-refractivity contribution in [2.75, 3.05) is 31.1 Å². The molecule has 1 aliphatic rings. The van der Waals surface area contributed by atoms with Crippen LogP contribution in [0.25, 0.3) is 0 Å². The Morgan fingerprint density at radius 3 is 2.30 bits per heavy atom. The van der Waals surface area contributed by atoms with Crippen LogP contribution in [-0.2, 0) is 10.0 Å². The lowest BCUT2D eigenvalue weighted by molar-refractivity contribution is 0.0746. The molecule has 0 radical (unpaired) electrons. The van der Waals surface area contributed by atoms with Crippen molar-refractivity contribution in [3.8, 4) is 0 Å². The first kappa shape index (κ1) is 22.5. The first-order chi connectivity index (χ1) is 14.0. The van der Waals surface area contributed by atoms with E-state index in [1.165, 1.54) is 24.3 Å². The van der Waals surface area contributed by atoms with Crippen molar-refractivity contribution in [3.05, 3.63) is 58.9 Å². The number of nitrogens with zero attached hydrogens (tertiary/aromatic N) is 2. The summed E-state index contributed by atoms with van der Waals surface area (Å²) in [6, 6.07) is 10.8. The second-order valence-electron chi connectivity index (χ2n) is 8.23. The van der Waals surface area contributed by atoms with Crippen LogP contribution in [0, 0.1) is 5.82 Å². The van der Waals surface area contributed by atoms with Crippen molar-refractivity contribution < 1.29 is 17.6 Å². The molecular weight excluding hydrogens is 429 g/mol. The number of hydrogen-bond acceptors (Lipinski definition) is 4. The SMILES string of the molecule is CC(C)(C)NS(=O)(=O)c1cc(C(=O)N2CCN(c3ccccc3F)CC2)ccc1Cl. The molecule has 0 aromatic heterocycles. The van der Waals surface area contributed by atoms with E-state index in [1.807, 2.05) is 4.90 Å². The maximum atomic E-state index is 14.0. The van der Waals surface area contributed by atoms with Gasteiger partial charge in [-0.3, -0.25) is 4.79 Å². The van der Waals surface area contributed by atoms with Gasteiger partial charge in [0.05, 0.1) is 10.7 Å². The van der Waals surface area contributed by atoms with E-state index >= 15 is 0 Å². The van der Waals surface area contributed by atoms with Crippen molar-refractivity contribution in [1.29, 1.82) is 0 Å². The number of carbonyl (C=O) groups excluding carboxylic acids is 1. The zero-order chi connectivity index (χ0) is 22.1. The highest BCUT2D eigenvalue weighted by atomic mass is 35.5. The molecule has 1 saturated heterocycles. The zero-order valence-electron chi connectivity index (χ0n) is 17.2. The highest BCUT2D eigenvalue weighted by molar-refractivity contribution is 7.89. The van der Waals surface area contributed by atoms with Crippen molar-refractivity contribution in [2.24, 2.45) is 0 Å². The van der Waals surface area contributed by atoms with Crippen LogP contribution >= 0.6 is 11.6 Å². The van der Waals surface area contributed by atoms with Crippen molar-refractivity contribution >= 4 is 33.2 Å². The molecule has 1 aliphatic heterocycles. The van der Waals surface area contributed by atoms with Crippen molar-refractivity contribution in [2.45, 2.75) is 31.2 Å². The van der Waals surface area contributed by atoms with E-state index in [0.717, 1.165) is 0 Å². The molecule has 0 bridgehead atoms. The maximum Gasteiger partial charge on any atom is 0.254 e. The number of halogens is 2. The lowest BCUT2D eigenvalue weighted by Crippen LogP contribution is -2.49. The fourth-order valence-corrected chi connectivity index (χ4v) is 5.29. The molecular formula is C21H25ClFN3O3S. The van der Waals surface area contributed by atoms with Crippen LogP contribution in [0.5, 0.6) is 0 Å². The van der Waals surface area contributed by atoms with E-state index < -0.39 is 15.6 Å². The molecule has 2 aromatic rings. The quantitative estimate of drug-likeness (QED) is 0.769. The first-order valence-electron chi connectivity index (χ1n) is 9.60. The van der Waals surface area contributed by atoms with E-state index in [4.69, 9.17) is 11.6 Å². The average Bonchev–Trinajstić information content (AvgIpc) is 2.66. The zero-order valence-corrected chi connectivity index (χ0v) is 18.7. The van der Waals surface area contributed by atoms with Gasteiger partial charge in [-0.25, -0.2) is 17.5 Å². The van der Waals surface area contributed by atoms with E-state index in [1.54, 1.807) is 43.9 Å². The molecule has 0 saturated carbocycles. The average molecular weight is 454 g/mol. The van der Waals surface area contributed by atoms with Gasteiger partial charge in [0.1, 0.15) is 10.7 Å². The van der Waals surface area contributed by atoms with Gasteiger partial charge < -0.3 is 9.80 Å². The largest absolute Gasteiger partial charge is 0.366 e. The van der Waals surface area contributed by atoms with Gasteiger partial charge in [0.15, 0.2) is 0 Å². The highest BCUT2D eigenvalue weighted by Gasteiger charge is 2.28. The number of para-hydroxylation sites is 1. The Kier molecular flexibility index (Phi) is 6.40. The minimum Gasteiger partial charge on any atom is -0.366 e. The molecule has 0 unspecified atom stereocenters. The summed E-state index contributed by atoms with van der Waals surface area (Å²) in [5.41, 5.74) is 0.0661. The lowest BCUT2D eigenvalue weighted by atomic mass is 10.1. The molecule has 1 N–H and O–H groups in total. The Morgan fingerprint density at radius 2 is 1.70 bits per heavy atom. The van der Waals surface area contributed by atoms with Crippen LogP contribution in [0.4, 0.5) is 10.1 Å². The number of rotatable bonds is 4. The summed E-state index contributed by atoms with van der Waals surface area (Å²) in [5.74, 6) is -0.580. The number of benzene rings is 2. The molecule has 162 valence electrons. The summed E-state index contributed by atoms with van der Waals surface area (Å²) in [6.45, 7) is 6.94. The second kappa shape index (κ2) is 8.53. The minimum atomic E-state index is -3.89. The Morgan fingerprint density at radius 1 is 1.07 bits per heavy atom. The number of sulfonamides is 1. The van der Waals surface area contributed by atoms with Gasteiger partial charge in [-0.1, -0.05) is 23.7 Å². The molecule has 1 amide bonds. The van der Waals surface area contributed by atoms with Gasteiger partial charge in [-0.15, -0.1) is 0 Å². The third kappa shape index (κ3) is 5.11. The molecule has 1 fully saturated rings. The Hall–Kier alpha value is -2.16. The fourth-order valence-electron chi connectivity index (χ4n) is 3.34. The van der Waals surface area contributed by atoms with Crippen LogP contribution in [0.1, 0.15) is 31.1 Å². The molecule has 0 spiro atoms. The predicted molar refractivity (Wildman–Crippen MR) is 116 cm³/mol. The first-order valence-corrected chi connectivity index (χ1v) is 11.5. The van der Waals surface area contributed by atoms with Gasteiger partial charge in [0.2, 0.25) is 10.0 Å². The molecule has 3 rings (SSSR count). The Balaban J connectivity index is 1.76. The standard InChI is InChI=1S/C21H25ClFN3O3S/c1-21(2,3)24-30(28,29)19-14-15(8-9-16(19)22)20(27)26-12-10-25(11-13-26)18-7-5-4-6-17(18)23/h4-9,14,24H,10-13H2,1-3H3. The normalized spacial score (nSPS) is 15.4. The van der Waals surface area contributed by atoms with Crippen molar-refractivity contribution in [1.82, 2.24) is 9.62 Å².